The lowest BCUT2D eigenvalue weighted by atomic mass is 10.0. The Hall–Kier alpha value is -1.97. The summed E-state index contributed by atoms with van der Waals surface area (Å²) < 4.78 is 21.9. The minimum absolute atomic E-state index is 0.489. The molecule has 1 aromatic carbocycles. The monoisotopic (exact) mass is 434 g/mol. The molecule has 0 bridgehead atoms. The van der Waals surface area contributed by atoms with E-state index in [9.17, 15) is 0 Å². The summed E-state index contributed by atoms with van der Waals surface area (Å²) in [5.74, 6) is 5.29. The second kappa shape index (κ2) is 9.89. The van der Waals surface area contributed by atoms with Crippen LogP contribution in [-0.4, -0.2) is 85.0 Å². The van der Waals surface area contributed by atoms with Gasteiger partial charge in [-0.2, -0.15) is 16.7 Å². The molecule has 0 aliphatic carbocycles. The van der Waals surface area contributed by atoms with Crippen molar-refractivity contribution >= 4 is 11.8 Å². The summed E-state index contributed by atoms with van der Waals surface area (Å²) in [5, 5.41) is 4.18. The molecule has 2 saturated heterocycles. The summed E-state index contributed by atoms with van der Waals surface area (Å²) in [6, 6.07) is 4.39. The van der Waals surface area contributed by atoms with E-state index in [0.29, 0.717) is 41.1 Å². The van der Waals surface area contributed by atoms with Crippen LogP contribution in [0.15, 0.2) is 16.7 Å². The lowest BCUT2D eigenvalue weighted by molar-refractivity contribution is 0.105. The van der Waals surface area contributed by atoms with Crippen molar-refractivity contribution in [3.05, 3.63) is 18.0 Å². The van der Waals surface area contributed by atoms with Crippen LogP contribution in [-0.2, 0) is 6.54 Å². The van der Waals surface area contributed by atoms with Crippen molar-refractivity contribution < 1.29 is 18.7 Å². The van der Waals surface area contributed by atoms with Gasteiger partial charge in [-0.1, -0.05) is 5.16 Å². The van der Waals surface area contributed by atoms with E-state index in [2.05, 4.69) is 31.7 Å². The van der Waals surface area contributed by atoms with Crippen molar-refractivity contribution in [2.75, 3.05) is 59.0 Å². The van der Waals surface area contributed by atoms with Gasteiger partial charge in [0.15, 0.2) is 11.5 Å². The highest BCUT2D eigenvalue weighted by atomic mass is 32.2. The van der Waals surface area contributed by atoms with E-state index in [0.717, 1.165) is 19.1 Å². The molecule has 2 aliphatic rings. The zero-order valence-corrected chi connectivity index (χ0v) is 18.7. The number of ether oxygens (including phenoxy) is 3. The normalized spacial score (nSPS) is 19.0. The van der Waals surface area contributed by atoms with Gasteiger partial charge in [0.05, 0.1) is 33.4 Å². The van der Waals surface area contributed by atoms with E-state index in [1.165, 1.54) is 37.4 Å². The molecule has 2 aliphatic heterocycles. The smallest absolute Gasteiger partial charge is 0.241 e. The van der Waals surface area contributed by atoms with Gasteiger partial charge in [-0.15, -0.1) is 0 Å². The summed E-state index contributed by atoms with van der Waals surface area (Å²) in [4.78, 5) is 9.68. The van der Waals surface area contributed by atoms with Crippen molar-refractivity contribution in [1.82, 2.24) is 19.9 Å². The minimum atomic E-state index is 0.489. The highest BCUT2D eigenvalue weighted by molar-refractivity contribution is 7.99. The Morgan fingerprint density at radius 3 is 2.40 bits per heavy atom. The zero-order chi connectivity index (χ0) is 20.9. The number of hydrogen-bond donors (Lipinski definition) is 0. The fourth-order valence-corrected chi connectivity index (χ4v) is 5.21. The summed E-state index contributed by atoms with van der Waals surface area (Å²) in [6.45, 7) is 5.26. The Balaban J connectivity index is 1.40. The van der Waals surface area contributed by atoms with Crippen molar-refractivity contribution in [3.8, 4) is 28.6 Å². The standard InChI is InChI=1S/C21H30N4O4S/c1-26-17-5-4-16(19(27-2)20(17)28-3)21-22-18(29-23-21)14-24-8-6-15(7-9-24)25-10-12-30-13-11-25/h4-5,15H,6-14H2,1-3H3. The SMILES string of the molecule is COc1ccc(-c2noc(CN3CCC(N4CCSCC4)CC3)n2)c(OC)c1OC. The van der Waals surface area contributed by atoms with Gasteiger partial charge >= 0.3 is 0 Å². The lowest BCUT2D eigenvalue weighted by Gasteiger charge is -2.39. The van der Waals surface area contributed by atoms with Gasteiger partial charge in [0, 0.05) is 43.7 Å². The molecule has 9 heteroatoms. The van der Waals surface area contributed by atoms with Crippen LogP contribution in [0.4, 0.5) is 0 Å². The molecule has 1 aromatic heterocycles. The predicted octanol–water partition coefficient (Wildman–Crippen LogP) is 2.78. The van der Waals surface area contributed by atoms with Crippen LogP contribution in [0, 0.1) is 0 Å². The van der Waals surface area contributed by atoms with Gasteiger partial charge in [0.2, 0.25) is 17.5 Å². The number of nitrogens with zero attached hydrogens (tertiary/aromatic N) is 4. The third-order valence-electron chi connectivity index (χ3n) is 5.89. The van der Waals surface area contributed by atoms with E-state index in [1.807, 2.05) is 12.1 Å². The molecule has 8 nitrogen and oxygen atoms in total. The second-order valence-corrected chi connectivity index (χ2v) is 8.77. The Morgan fingerprint density at radius 2 is 1.73 bits per heavy atom. The minimum Gasteiger partial charge on any atom is -0.493 e. The molecule has 0 atom stereocenters. The van der Waals surface area contributed by atoms with Crippen LogP contribution in [0.1, 0.15) is 18.7 Å². The first-order valence-electron chi connectivity index (χ1n) is 10.4. The van der Waals surface area contributed by atoms with Gasteiger partial charge in [0.25, 0.3) is 0 Å². The summed E-state index contributed by atoms with van der Waals surface area (Å²) in [5.41, 5.74) is 0.715. The van der Waals surface area contributed by atoms with Crippen LogP contribution in [0.25, 0.3) is 11.4 Å². The van der Waals surface area contributed by atoms with Crippen LogP contribution >= 0.6 is 11.8 Å². The Kier molecular flexibility index (Phi) is 7.01. The lowest BCUT2D eigenvalue weighted by Crippen LogP contribution is -2.47. The molecule has 0 N–H and O–H groups in total. The number of likely N-dealkylation sites (tertiary alicyclic amines) is 1. The van der Waals surface area contributed by atoms with Crippen molar-refractivity contribution in [1.29, 1.82) is 0 Å². The van der Waals surface area contributed by atoms with E-state index in [1.54, 1.807) is 21.3 Å². The molecule has 164 valence electrons. The molecule has 0 saturated carbocycles. The van der Waals surface area contributed by atoms with Crippen molar-refractivity contribution in [2.45, 2.75) is 25.4 Å². The molecule has 4 rings (SSSR count). The number of rotatable bonds is 7. The second-order valence-electron chi connectivity index (χ2n) is 7.55. The summed E-state index contributed by atoms with van der Waals surface area (Å²) in [7, 11) is 4.77. The largest absolute Gasteiger partial charge is 0.493 e. The Bertz CT molecular complexity index is 832. The van der Waals surface area contributed by atoms with E-state index in [4.69, 9.17) is 18.7 Å². The quantitative estimate of drug-likeness (QED) is 0.654. The average Bonchev–Trinajstić information content (AvgIpc) is 3.27. The molecule has 2 fully saturated rings. The van der Waals surface area contributed by atoms with Gasteiger partial charge in [0.1, 0.15) is 0 Å². The first-order chi connectivity index (χ1) is 14.7. The zero-order valence-electron chi connectivity index (χ0n) is 17.9. The maximum atomic E-state index is 5.55. The van der Waals surface area contributed by atoms with E-state index < -0.39 is 0 Å². The number of benzene rings is 1. The van der Waals surface area contributed by atoms with Crippen molar-refractivity contribution in [3.63, 3.8) is 0 Å². The molecular formula is C21H30N4O4S. The molecule has 2 aromatic rings. The maximum Gasteiger partial charge on any atom is 0.241 e. The van der Waals surface area contributed by atoms with Crippen LogP contribution < -0.4 is 14.2 Å². The first-order valence-corrected chi connectivity index (χ1v) is 11.5. The van der Waals surface area contributed by atoms with Gasteiger partial charge in [-0.3, -0.25) is 9.80 Å². The highest BCUT2D eigenvalue weighted by Crippen LogP contribution is 2.43. The molecule has 3 heterocycles. The average molecular weight is 435 g/mol. The van der Waals surface area contributed by atoms with Gasteiger partial charge < -0.3 is 18.7 Å². The van der Waals surface area contributed by atoms with Crippen molar-refractivity contribution in [2.24, 2.45) is 0 Å². The number of methoxy groups -OCH3 is 3. The number of piperidine rings is 1. The fourth-order valence-electron chi connectivity index (χ4n) is 4.28. The first kappa shape index (κ1) is 21.3. The molecule has 0 unspecified atom stereocenters. The van der Waals surface area contributed by atoms with E-state index >= 15 is 0 Å². The predicted molar refractivity (Wildman–Crippen MR) is 117 cm³/mol. The third kappa shape index (κ3) is 4.53. The van der Waals surface area contributed by atoms with Crippen LogP contribution in [0.5, 0.6) is 17.2 Å². The van der Waals surface area contributed by atoms with E-state index in [-0.39, 0.29) is 0 Å². The Labute approximate surface area is 181 Å². The van der Waals surface area contributed by atoms with Gasteiger partial charge in [-0.05, 0) is 25.0 Å². The number of hydrogen-bond acceptors (Lipinski definition) is 9. The molecular weight excluding hydrogens is 404 g/mol. The maximum absolute atomic E-state index is 5.55. The number of aromatic nitrogens is 2. The fraction of sp³-hybridized carbons (Fsp3) is 0.619. The molecule has 0 amide bonds. The van der Waals surface area contributed by atoms with Crippen LogP contribution in [0.2, 0.25) is 0 Å². The molecule has 0 spiro atoms. The molecule has 0 radical (unpaired) electrons. The third-order valence-corrected chi connectivity index (χ3v) is 6.83. The summed E-state index contributed by atoms with van der Waals surface area (Å²) in [6.07, 6.45) is 2.41. The topological polar surface area (TPSA) is 73.1 Å². The van der Waals surface area contributed by atoms with Gasteiger partial charge in [-0.25, -0.2) is 0 Å². The number of thioether (sulfide) groups is 1. The highest BCUT2D eigenvalue weighted by Gasteiger charge is 2.27. The van der Waals surface area contributed by atoms with Crippen LogP contribution in [0.3, 0.4) is 0 Å². The summed E-state index contributed by atoms with van der Waals surface area (Å²) >= 11 is 2.07. The molecule has 30 heavy (non-hydrogen) atoms. The Morgan fingerprint density at radius 1 is 1.00 bits per heavy atom.